The maximum absolute atomic E-state index is 13.7. The van der Waals surface area contributed by atoms with Gasteiger partial charge in [-0.25, -0.2) is 9.97 Å². The molecule has 0 saturated carbocycles. The smallest absolute Gasteiger partial charge is 0.300 e. The van der Waals surface area contributed by atoms with Crippen molar-refractivity contribution < 1.29 is 38.2 Å². The van der Waals surface area contributed by atoms with E-state index in [0.29, 0.717) is 19.4 Å². The van der Waals surface area contributed by atoms with Crippen LogP contribution in [0.1, 0.15) is 78.4 Å². The molecule has 0 saturated heterocycles. The number of carbonyl (C=O) groups is 5. The summed E-state index contributed by atoms with van der Waals surface area (Å²) in [6.45, 7) is 5.20. The number of oxazole rings is 1. The average Bonchev–Trinajstić information content (AvgIpc) is 3.52. The molecular formula is C32H40N6O8. The Morgan fingerprint density at radius 1 is 1.09 bits per heavy atom. The largest absolute Gasteiger partial charge is 0.481 e. The van der Waals surface area contributed by atoms with Gasteiger partial charge in [-0.3, -0.25) is 24.0 Å². The number of rotatable bonds is 6. The van der Waals surface area contributed by atoms with Crippen LogP contribution in [0.25, 0.3) is 0 Å². The Labute approximate surface area is 266 Å². The van der Waals surface area contributed by atoms with E-state index in [1.165, 1.54) is 31.7 Å². The van der Waals surface area contributed by atoms with Gasteiger partial charge >= 0.3 is 0 Å². The van der Waals surface area contributed by atoms with E-state index in [0.717, 1.165) is 12.5 Å². The molecule has 4 amide bonds. The molecular weight excluding hydrogens is 596 g/mol. The van der Waals surface area contributed by atoms with E-state index in [-0.39, 0.29) is 41.8 Å². The Hall–Kier alpha value is -5.27. The van der Waals surface area contributed by atoms with E-state index in [1.54, 1.807) is 0 Å². The Kier molecular flexibility index (Phi) is 13.2. The topological polar surface area (TPSA) is 202 Å². The fourth-order valence-corrected chi connectivity index (χ4v) is 4.57. The van der Waals surface area contributed by atoms with Gasteiger partial charge in [-0.1, -0.05) is 44.2 Å². The molecule has 1 aliphatic heterocycles. The van der Waals surface area contributed by atoms with Gasteiger partial charge in [0.1, 0.15) is 24.4 Å². The van der Waals surface area contributed by atoms with Crippen LogP contribution in [0.15, 0.2) is 59.3 Å². The van der Waals surface area contributed by atoms with Gasteiger partial charge in [0.25, 0.3) is 17.8 Å². The summed E-state index contributed by atoms with van der Waals surface area (Å²) in [7, 11) is 1.45. The number of fused-ring (bicyclic) bond motifs is 2. The summed E-state index contributed by atoms with van der Waals surface area (Å²) in [6, 6.07) is 9.74. The monoisotopic (exact) mass is 636 g/mol. The second-order valence-electron chi connectivity index (χ2n) is 10.9. The third-order valence-electron chi connectivity index (χ3n) is 6.93. The minimum absolute atomic E-state index is 0.115. The van der Waals surface area contributed by atoms with E-state index >= 15 is 0 Å². The summed E-state index contributed by atoms with van der Waals surface area (Å²) < 4.78 is 10.7. The van der Waals surface area contributed by atoms with E-state index in [4.69, 9.17) is 19.1 Å². The van der Waals surface area contributed by atoms with Crippen molar-refractivity contribution in [2.75, 3.05) is 13.7 Å². The van der Waals surface area contributed by atoms with Crippen LogP contribution in [0.2, 0.25) is 0 Å². The SMILES string of the molecule is CC(=O)O.COc1cc(C(=O)N[C@H]2CCCCNC(=O)c3coc(n3)[C@H](C(C)C)NC(=O)[C@H](Cc3ccccc3)NC2=O)ccn1. The first-order valence-corrected chi connectivity index (χ1v) is 14.9. The number of benzene rings is 1. The molecule has 3 heterocycles. The van der Waals surface area contributed by atoms with Crippen LogP contribution < -0.4 is 26.0 Å². The zero-order chi connectivity index (χ0) is 33.6. The van der Waals surface area contributed by atoms with Gasteiger partial charge < -0.3 is 35.5 Å². The zero-order valence-corrected chi connectivity index (χ0v) is 26.2. The highest BCUT2D eigenvalue weighted by atomic mass is 16.5. The maximum Gasteiger partial charge on any atom is 0.300 e. The normalized spacial score (nSPS) is 19.1. The lowest BCUT2D eigenvalue weighted by molar-refractivity contribution is -0.134. The quantitative estimate of drug-likeness (QED) is 0.267. The van der Waals surface area contributed by atoms with Crippen LogP contribution in [0.5, 0.6) is 5.88 Å². The number of ether oxygens (including phenoxy) is 1. The lowest BCUT2D eigenvalue weighted by atomic mass is 10.0. The molecule has 0 unspecified atom stereocenters. The Balaban J connectivity index is 0.00000136. The van der Waals surface area contributed by atoms with E-state index < -0.39 is 47.7 Å². The number of aromatic nitrogens is 2. The second kappa shape index (κ2) is 17.3. The molecule has 5 N–H and O–H groups in total. The Morgan fingerprint density at radius 2 is 1.80 bits per heavy atom. The molecule has 0 aliphatic carbocycles. The molecule has 1 aromatic carbocycles. The second-order valence-corrected chi connectivity index (χ2v) is 10.9. The number of carboxylic acids is 1. The molecule has 14 nitrogen and oxygen atoms in total. The summed E-state index contributed by atoms with van der Waals surface area (Å²) in [5.74, 6) is -2.36. The highest BCUT2D eigenvalue weighted by Crippen LogP contribution is 2.22. The molecule has 46 heavy (non-hydrogen) atoms. The van der Waals surface area contributed by atoms with Crippen LogP contribution >= 0.6 is 0 Å². The van der Waals surface area contributed by atoms with Gasteiger partial charge in [0.05, 0.1) is 7.11 Å². The number of carboxylic acid groups (broad SMARTS) is 1. The molecule has 0 radical (unpaired) electrons. The molecule has 2 bridgehead atoms. The van der Waals surface area contributed by atoms with Gasteiger partial charge in [0, 0.05) is 37.7 Å². The van der Waals surface area contributed by atoms with Gasteiger partial charge in [-0.05, 0) is 36.8 Å². The number of aliphatic carboxylic acids is 1. The van der Waals surface area contributed by atoms with Crippen molar-refractivity contribution in [1.29, 1.82) is 0 Å². The highest BCUT2D eigenvalue weighted by molar-refractivity contribution is 5.98. The van der Waals surface area contributed by atoms with Crippen molar-refractivity contribution in [2.24, 2.45) is 5.92 Å². The Bertz CT molecular complexity index is 1490. The molecule has 14 heteroatoms. The van der Waals surface area contributed by atoms with Crippen LogP contribution in [-0.2, 0) is 20.8 Å². The minimum atomic E-state index is -0.966. The molecule has 3 atom stereocenters. The number of nitrogens with one attached hydrogen (secondary N) is 4. The van der Waals surface area contributed by atoms with Crippen LogP contribution in [-0.4, -0.2) is 70.4 Å². The van der Waals surface area contributed by atoms with Crippen LogP contribution in [0.4, 0.5) is 0 Å². The van der Waals surface area contributed by atoms with Crippen molar-refractivity contribution in [3.63, 3.8) is 0 Å². The fourth-order valence-electron chi connectivity index (χ4n) is 4.57. The van der Waals surface area contributed by atoms with Crippen molar-refractivity contribution in [2.45, 2.75) is 64.6 Å². The number of methoxy groups -OCH3 is 1. The summed E-state index contributed by atoms with van der Waals surface area (Å²) in [5.41, 5.74) is 1.23. The summed E-state index contributed by atoms with van der Waals surface area (Å²) >= 11 is 0. The molecule has 3 aromatic rings. The first-order valence-electron chi connectivity index (χ1n) is 14.9. The first kappa shape index (κ1) is 35.2. The zero-order valence-electron chi connectivity index (χ0n) is 26.2. The minimum Gasteiger partial charge on any atom is -0.481 e. The summed E-state index contributed by atoms with van der Waals surface area (Å²) in [5, 5.41) is 18.8. The Morgan fingerprint density at radius 3 is 2.48 bits per heavy atom. The highest BCUT2D eigenvalue weighted by Gasteiger charge is 2.31. The first-order chi connectivity index (χ1) is 22.0. The van der Waals surface area contributed by atoms with Gasteiger partial charge in [0.2, 0.25) is 23.6 Å². The molecule has 0 fully saturated rings. The third kappa shape index (κ3) is 10.7. The van der Waals surface area contributed by atoms with Crippen molar-refractivity contribution in [3.8, 4) is 5.88 Å². The predicted molar refractivity (Wildman–Crippen MR) is 166 cm³/mol. The number of carbonyl (C=O) groups excluding carboxylic acids is 4. The summed E-state index contributed by atoms with van der Waals surface area (Å²) in [4.78, 5) is 70.5. The van der Waals surface area contributed by atoms with E-state index in [2.05, 4.69) is 31.2 Å². The fraction of sp³-hybridized carbons (Fsp3) is 0.406. The summed E-state index contributed by atoms with van der Waals surface area (Å²) in [6.07, 6.45) is 4.25. The number of hydrogen-bond donors (Lipinski definition) is 5. The van der Waals surface area contributed by atoms with Crippen LogP contribution in [0.3, 0.4) is 0 Å². The molecule has 2 aromatic heterocycles. The van der Waals surface area contributed by atoms with Gasteiger partial charge in [-0.15, -0.1) is 0 Å². The lowest BCUT2D eigenvalue weighted by Crippen LogP contribution is -2.55. The molecule has 1 aliphatic rings. The van der Waals surface area contributed by atoms with Crippen molar-refractivity contribution >= 4 is 29.6 Å². The van der Waals surface area contributed by atoms with E-state index in [9.17, 15) is 19.2 Å². The number of pyridine rings is 1. The number of hydrogen-bond acceptors (Lipinski definition) is 9. The predicted octanol–water partition coefficient (Wildman–Crippen LogP) is 2.42. The maximum atomic E-state index is 13.7. The molecule has 246 valence electrons. The van der Waals surface area contributed by atoms with Crippen molar-refractivity contribution in [1.82, 2.24) is 31.2 Å². The van der Waals surface area contributed by atoms with Crippen molar-refractivity contribution in [3.05, 3.63) is 77.6 Å². The lowest BCUT2D eigenvalue weighted by Gasteiger charge is -2.26. The van der Waals surface area contributed by atoms with Gasteiger partial charge in [-0.2, -0.15) is 0 Å². The number of nitrogens with zero attached hydrogens (tertiary/aromatic N) is 2. The average molecular weight is 637 g/mol. The molecule has 4 rings (SSSR count). The van der Waals surface area contributed by atoms with E-state index in [1.807, 2.05) is 44.2 Å². The standard InChI is InChI=1S/C30H36N6O6.C2H4O2/c1-18(2)25-30-35-23(17-42-30)27(38)32-13-8-7-11-21(33-26(37)20-12-14-31-24(16-20)41-3)28(39)34-22(29(40)36-25)15-19-9-5-4-6-10-19;1-2(3)4/h4-6,9-10,12,14,16-18,21-22,25H,7-8,11,13,15H2,1-3H3,(H,32,38)(H,33,37)(H,34,39)(H,36,40);1H3,(H,3,4)/t21-,22-,25-;/m0./s1. The third-order valence-corrected chi connectivity index (χ3v) is 6.93. The van der Waals surface area contributed by atoms with Gasteiger partial charge in [0.15, 0.2) is 5.69 Å². The molecule has 0 spiro atoms. The van der Waals surface area contributed by atoms with Crippen LogP contribution in [0, 0.1) is 5.92 Å². The number of amides is 4.